The number of halogens is 7. The van der Waals surface area contributed by atoms with Crippen LogP contribution in [-0.4, -0.2) is 92.9 Å². The van der Waals surface area contributed by atoms with E-state index in [1.807, 2.05) is 4.90 Å². The van der Waals surface area contributed by atoms with Crippen LogP contribution >= 0.6 is 11.3 Å². The summed E-state index contributed by atoms with van der Waals surface area (Å²) in [5.74, 6) is -9.12. The molecule has 1 saturated heterocycles. The molecule has 1 saturated carbocycles. The van der Waals surface area contributed by atoms with Crippen molar-refractivity contribution in [3.63, 3.8) is 0 Å². The van der Waals surface area contributed by atoms with Gasteiger partial charge in [-0.2, -0.15) is 37.1 Å². The number of carbonyl (C=O) groups is 2. The van der Waals surface area contributed by atoms with E-state index in [1.165, 1.54) is 16.0 Å². The molecule has 2 fully saturated rings. The van der Waals surface area contributed by atoms with E-state index in [0.717, 1.165) is 18.4 Å². The molecule has 24 heteroatoms. The van der Waals surface area contributed by atoms with Crippen molar-refractivity contribution in [1.82, 2.24) is 39.7 Å². The summed E-state index contributed by atoms with van der Waals surface area (Å²) in [4.78, 5) is 40.4. The molecule has 6 aromatic rings. The van der Waals surface area contributed by atoms with Crippen molar-refractivity contribution in [2.45, 2.75) is 76.2 Å². The zero-order valence-corrected chi connectivity index (χ0v) is 38.1. The second-order valence-electron chi connectivity index (χ2n) is 18.0. The first-order chi connectivity index (χ1) is 31.3. The van der Waals surface area contributed by atoms with E-state index < -0.39 is 92.7 Å². The summed E-state index contributed by atoms with van der Waals surface area (Å²) in [6.45, 7) is 5.62. The van der Waals surface area contributed by atoms with Crippen molar-refractivity contribution in [3.05, 3.63) is 82.3 Å². The SMILES string of the molecule is Cn1nc(NS(C)(=O)=O)c2cccc(-c3cc4sc(N5CCN(C(=O)OC(C)(C)C)CC5)nc4nc3[C@H](Cc3cc(F)cc(F)c3)NC(=O)Cn3nc(C(F)(F)F)c4c3C(F)(F)[C@@H]3CC[C@H]43)c21. The maximum Gasteiger partial charge on any atom is 0.435 e. The smallest absolute Gasteiger partial charge is 0.435 e. The lowest BCUT2D eigenvalue weighted by atomic mass is 9.73. The van der Waals surface area contributed by atoms with Crippen LogP contribution in [0.15, 0.2) is 42.5 Å². The molecule has 15 nitrogen and oxygen atoms in total. The van der Waals surface area contributed by atoms with Crippen LogP contribution < -0.4 is 14.9 Å². The van der Waals surface area contributed by atoms with Gasteiger partial charge in [-0.25, -0.2) is 27.0 Å². The van der Waals surface area contributed by atoms with Gasteiger partial charge < -0.3 is 19.9 Å². The third-order valence-electron chi connectivity index (χ3n) is 12.0. The van der Waals surface area contributed by atoms with Crippen molar-refractivity contribution in [1.29, 1.82) is 0 Å². The largest absolute Gasteiger partial charge is 0.444 e. The fourth-order valence-electron chi connectivity index (χ4n) is 9.21. The number of hydrogen-bond acceptors (Lipinski definition) is 11. The number of nitrogens with one attached hydrogen (secondary N) is 2. The number of aromatic nitrogens is 6. The number of hydrogen-bond donors (Lipinski definition) is 2. The molecule has 356 valence electrons. The number of para-hydroxylation sites is 1. The molecule has 0 bridgehead atoms. The normalized spacial score (nSPS) is 18.7. The number of nitrogens with zero attached hydrogens (tertiary/aromatic N) is 8. The van der Waals surface area contributed by atoms with Crippen molar-refractivity contribution < 1.29 is 53.5 Å². The monoisotopic (exact) mass is 976 g/mol. The predicted octanol–water partition coefficient (Wildman–Crippen LogP) is 7.87. The van der Waals surface area contributed by atoms with Gasteiger partial charge >= 0.3 is 12.3 Å². The van der Waals surface area contributed by atoms with Gasteiger partial charge in [0, 0.05) is 67.3 Å². The van der Waals surface area contributed by atoms with E-state index in [1.54, 1.807) is 57.0 Å². The Morgan fingerprint density at radius 1 is 0.970 bits per heavy atom. The summed E-state index contributed by atoms with van der Waals surface area (Å²) in [6, 6.07) is 7.98. The van der Waals surface area contributed by atoms with Gasteiger partial charge in [-0.3, -0.25) is 18.9 Å². The minimum absolute atomic E-state index is 0.00153. The Balaban J connectivity index is 1.16. The minimum Gasteiger partial charge on any atom is -0.444 e. The summed E-state index contributed by atoms with van der Waals surface area (Å²) < 4.78 is 139. The first-order valence-electron chi connectivity index (χ1n) is 21.1. The quantitative estimate of drug-likeness (QED) is 0.129. The van der Waals surface area contributed by atoms with Crippen LogP contribution in [0.25, 0.3) is 32.4 Å². The lowest BCUT2D eigenvalue weighted by Crippen LogP contribution is -2.50. The van der Waals surface area contributed by atoms with E-state index in [4.69, 9.17) is 14.7 Å². The van der Waals surface area contributed by atoms with Crippen molar-refractivity contribution in [3.8, 4) is 11.1 Å². The Hall–Kier alpha value is -6.04. The van der Waals surface area contributed by atoms with E-state index in [9.17, 15) is 40.0 Å². The molecular formula is C43H43F7N10O5S2. The Morgan fingerprint density at radius 2 is 1.67 bits per heavy atom. The number of fused-ring (bicyclic) bond motifs is 5. The maximum absolute atomic E-state index is 15.8. The first-order valence-corrected chi connectivity index (χ1v) is 23.8. The van der Waals surface area contributed by atoms with E-state index in [0.29, 0.717) is 68.8 Å². The summed E-state index contributed by atoms with van der Waals surface area (Å²) >= 11 is 1.26. The number of ether oxygens (including phenoxy) is 1. The number of piperazine rings is 1. The molecule has 3 aliphatic rings. The second kappa shape index (κ2) is 16.3. The molecule has 0 unspecified atom stereocenters. The Bertz CT molecular complexity index is 3060. The first kappa shape index (κ1) is 46.1. The topological polar surface area (TPSA) is 169 Å². The zero-order valence-electron chi connectivity index (χ0n) is 36.5. The average molecular weight is 977 g/mol. The Labute approximate surface area is 382 Å². The molecule has 67 heavy (non-hydrogen) atoms. The molecule has 3 atom stereocenters. The zero-order chi connectivity index (χ0) is 48.1. The number of rotatable bonds is 10. The molecule has 4 aromatic heterocycles. The lowest BCUT2D eigenvalue weighted by Gasteiger charge is -2.35. The van der Waals surface area contributed by atoms with Crippen LogP contribution in [0, 0.1) is 17.6 Å². The fourth-order valence-corrected chi connectivity index (χ4v) is 10.7. The van der Waals surface area contributed by atoms with Crippen LogP contribution in [-0.2, 0) is 51.7 Å². The molecule has 2 amide bonds. The summed E-state index contributed by atoms with van der Waals surface area (Å²) in [5.41, 5.74) is -2.43. The van der Waals surface area contributed by atoms with Crippen LogP contribution in [0.3, 0.4) is 0 Å². The van der Waals surface area contributed by atoms with Crippen LogP contribution in [0.2, 0.25) is 0 Å². The molecule has 5 heterocycles. The number of aryl methyl sites for hydroxylation is 1. The van der Waals surface area contributed by atoms with E-state index in [-0.39, 0.29) is 42.0 Å². The highest BCUT2D eigenvalue weighted by Gasteiger charge is 2.63. The van der Waals surface area contributed by atoms with Gasteiger partial charge in [0.1, 0.15) is 29.5 Å². The van der Waals surface area contributed by atoms with Gasteiger partial charge in [-0.1, -0.05) is 23.5 Å². The highest BCUT2D eigenvalue weighted by atomic mass is 32.2. The number of anilines is 2. The number of amides is 2. The molecule has 0 spiro atoms. The van der Waals surface area contributed by atoms with Gasteiger partial charge in [0.2, 0.25) is 15.9 Å². The number of pyridine rings is 1. The van der Waals surface area contributed by atoms with Gasteiger partial charge in [-0.15, -0.1) is 0 Å². The molecule has 1 aliphatic heterocycles. The van der Waals surface area contributed by atoms with E-state index in [2.05, 4.69) is 20.2 Å². The van der Waals surface area contributed by atoms with Crippen molar-refractivity contribution >= 4 is 65.6 Å². The standard InChI is InChI=1S/C43H43F7N10O5S2/c1-41(2,3)65-40(62)59-13-11-58(12-14-59)39-53-38-30(66-39)19-27(24-7-6-8-26-34(24)57(4)55-37(26)56-67(5,63)64)33(52-38)29(17-21-15-22(44)18-23(45)16-21)51-31(61)20-60-36-32(35(54-60)43(48,49)50)25-9-10-28(25)42(36,46)47/h6-8,15-16,18-19,25,28-29H,9-14,17,20H2,1-5H3,(H,51,61)(H,55,56)/t25-,28+,29-/m0/s1. The Kier molecular flexibility index (Phi) is 11.2. The van der Waals surface area contributed by atoms with Crippen molar-refractivity contribution in [2.24, 2.45) is 13.0 Å². The van der Waals surface area contributed by atoms with Crippen LogP contribution in [0.5, 0.6) is 0 Å². The molecule has 0 radical (unpaired) electrons. The summed E-state index contributed by atoms with van der Waals surface area (Å²) in [5, 5.41) is 11.5. The summed E-state index contributed by atoms with van der Waals surface area (Å²) in [6.07, 6.45) is -4.87. The molecule has 9 rings (SSSR count). The van der Waals surface area contributed by atoms with Crippen LogP contribution in [0.4, 0.5) is 46.5 Å². The number of benzene rings is 2. The fraction of sp³-hybridized carbons (Fsp3) is 0.442. The molecular weight excluding hydrogens is 934 g/mol. The summed E-state index contributed by atoms with van der Waals surface area (Å²) in [7, 11) is -2.24. The third kappa shape index (κ3) is 8.84. The van der Waals surface area contributed by atoms with Gasteiger partial charge in [0.15, 0.2) is 22.3 Å². The molecule has 2 aliphatic carbocycles. The highest BCUT2D eigenvalue weighted by molar-refractivity contribution is 7.92. The van der Waals surface area contributed by atoms with Gasteiger partial charge in [-0.05, 0) is 75.8 Å². The van der Waals surface area contributed by atoms with Crippen molar-refractivity contribution in [2.75, 3.05) is 42.1 Å². The number of alkyl halides is 5. The van der Waals surface area contributed by atoms with E-state index >= 15 is 8.78 Å². The highest BCUT2D eigenvalue weighted by Crippen LogP contribution is 2.64. The molecule has 2 N–H and O–H groups in total. The average Bonchev–Trinajstić information content (AvgIpc) is 3.91. The van der Waals surface area contributed by atoms with Crippen LogP contribution in [0.1, 0.15) is 73.8 Å². The number of thiazole rings is 1. The third-order valence-corrected chi connectivity index (χ3v) is 13.7. The lowest BCUT2D eigenvalue weighted by molar-refractivity contribution is -0.144. The number of sulfonamides is 1. The van der Waals surface area contributed by atoms with Gasteiger partial charge in [0.05, 0.1) is 28.2 Å². The Morgan fingerprint density at radius 3 is 2.30 bits per heavy atom. The number of carbonyl (C=O) groups excluding carboxylic acids is 2. The van der Waals surface area contributed by atoms with Gasteiger partial charge in [0.25, 0.3) is 5.92 Å². The predicted molar refractivity (Wildman–Crippen MR) is 233 cm³/mol. The maximum atomic E-state index is 15.8. The molecule has 2 aromatic carbocycles. The minimum atomic E-state index is -5.09. The second-order valence-corrected chi connectivity index (χ2v) is 20.8.